The number of nitrogens with one attached hydrogen (secondary N) is 3. The molecule has 0 radical (unpaired) electrons. The van der Waals surface area contributed by atoms with Gasteiger partial charge in [0.1, 0.15) is 5.52 Å². The van der Waals surface area contributed by atoms with Crippen molar-refractivity contribution in [3.63, 3.8) is 0 Å². The molecule has 2 heterocycles. The lowest BCUT2D eigenvalue weighted by Gasteiger charge is -2.08. The van der Waals surface area contributed by atoms with Crippen molar-refractivity contribution in [1.82, 2.24) is 14.7 Å². The van der Waals surface area contributed by atoms with Crippen molar-refractivity contribution >= 4 is 37.8 Å². The average Bonchev–Trinajstić information content (AvgIpc) is 3.31. The van der Waals surface area contributed by atoms with Crippen LogP contribution in [-0.2, 0) is 14.8 Å². The minimum atomic E-state index is -3.67. The first-order chi connectivity index (χ1) is 12.9. The Balaban J connectivity index is 1.92. The molecule has 0 aliphatic heterocycles. The topological polar surface area (TPSA) is 121 Å². The number of aromatic amines is 2. The van der Waals surface area contributed by atoms with Crippen LogP contribution in [0.4, 0.5) is 0 Å². The van der Waals surface area contributed by atoms with Gasteiger partial charge in [-0.15, -0.1) is 0 Å². The average molecular weight is 389 g/mol. The van der Waals surface area contributed by atoms with Crippen LogP contribution in [0.1, 0.15) is 36.5 Å². The van der Waals surface area contributed by atoms with Crippen molar-refractivity contribution in [3.8, 4) is 0 Å². The molecule has 0 atom stereocenters. The molecule has 0 spiro atoms. The highest BCUT2D eigenvalue weighted by molar-refractivity contribution is 7.89. The van der Waals surface area contributed by atoms with Gasteiger partial charge in [-0.25, -0.2) is 17.9 Å². The van der Waals surface area contributed by atoms with Gasteiger partial charge in [0.05, 0.1) is 17.1 Å². The number of benzene rings is 1. The molecule has 142 valence electrons. The molecule has 0 bridgehead atoms. The Morgan fingerprint density at radius 3 is 2.81 bits per heavy atom. The van der Waals surface area contributed by atoms with Gasteiger partial charge >= 0.3 is 5.97 Å². The number of fused-ring (bicyclic) bond motifs is 3. The highest BCUT2D eigenvalue weighted by atomic mass is 32.2. The first kappa shape index (κ1) is 17.7. The summed E-state index contributed by atoms with van der Waals surface area (Å²) in [6, 6.07) is 4.43. The Morgan fingerprint density at radius 2 is 2.11 bits per heavy atom. The Kier molecular flexibility index (Phi) is 4.27. The van der Waals surface area contributed by atoms with Crippen molar-refractivity contribution in [2.24, 2.45) is 0 Å². The zero-order valence-corrected chi connectivity index (χ0v) is 15.5. The summed E-state index contributed by atoms with van der Waals surface area (Å²) in [5.74, 6) is -0.556. The lowest BCUT2D eigenvalue weighted by atomic mass is 10.1. The van der Waals surface area contributed by atoms with E-state index >= 15 is 0 Å². The molecule has 1 saturated carbocycles. The van der Waals surface area contributed by atoms with E-state index in [-0.39, 0.29) is 28.6 Å². The van der Waals surface area contributed by atoms with Gasteiger partial charge in [-0.2, -0.15) is 0 Å². The predicted octanol–water partition coefficient (Wildman–Crippen LogP) is 2.02. The molecule has 3 aromatic rings. The number of carbonyl (C=O) groups is 1. The van der Waals surface area contributed by atoms with E-state index in [1.807, 2.05) is 6.92 Å². The monoisotopic (exact) mass is 389 g/mol. The van der Waals surface area contributed by atoms with E-state index in [9.17, 15) is 18.0 Å². The van der Waals surface area contributed by atoms with Crippen LogP contribution in [0.3, 0.4) is 0 Å². The van der Waals surface area contributed by atoms with Crippen molar-refractivity contribution in [2.45, 2.75) is 37.1 Å². The quantitative estimate of drug-likeness (QED) is 0.557. The Labute approximate surface area is 155 Å². The molecule has 8 nitrogen and oxygen atoms in total. The van der Waals surface area contributed by atoms with Gasteiger partial charge in [-0.3, -0.25) is 4.79 Å². The van der Waals surface area contributed by atoms with Crippen LogP contribution in [-0.4, -0.2) is 37.0 Å². The van der Waals surface area contributed by atoms with Crippen LogP contribution < -0.4 is 10.3 Å². The maximum absolute atomic E-state index is 12.5. The summed E-state index contributed by atoms with van der Waals surface area (Å²) in [7, 11) is -3.67. The molecule has 9 heteroatoms. The van der Waals surface area contributed by atoms with Gasteiger partial charge in [0.25, 0.3) is 5.56 Å². The predicted molar refractivity (Wildman–Crippen MR) is 100 cm³/mol. The second kappa shape index (κ2) is 6.50. The summed E-state index contributed by atoms with van der Waals surface area (Å²) < 4.78 is 32.9. The third-order valence-corrected chi connectivity index (χ3v) is 6.00. The molecule has 0 amide bonds. The van der Waals surface area contributed by atoms with E-state index in [1.54, 1.807) is 0 Å². The summed E-state index contributed by atoms with van der Waals surface area (Å²) in [6.07, 6.45) is 3.75. The van der Waals surface area contributed by atoms with Crippen molar-refractivity contribution < 1.29 is 17.9 Å². The number of carbonyl (C=O) groups excluding carboxylic acids is 1. The summed E-state index contributed by atoms with van der Waals surface area (Å²) in [5, 5.41) is 0.825. The lowest BCUT2D eigenvalue weighted by molar-refractivity contribution is 0.0507. The van der Waals surface area contributed by atoms with Gasteiger partial charge in [-0.1, -0.05) is 6.92 Å². The zero-order valence-electron chi connectivity index (χ0n) is 14.7. The number of pyridine rings is 1. The zero-order chi connectivity index (χ0) is 19.2. The molecule has 1 aliphatic carbocycles. The Bertz CT molecular complexity index is 1200. The normalized spacial score (nSPS) is 14.7. The second-order valence-corrected chi connectivity index (χ2v) is 8.36. The lowest BCUT2D eigenvalue weighted by Crippen LogP contribution is -2.25. The first-order valence-corrected chi connectivity index (χ1v) is 10.3. The van der Waals surface area contributed by atoms with E-state index in [0.717, 1.165) is 12.8 Å². The van der Waals surface area contributed by atoms with Gasteiger partial charge in [0.2, 0.25) is 10.0 Å². The molecule has 4 rings (SSSR count). The van der Waals surface area contributed by atoms with Gasteiger partial charge < -0.3 is 14.7 Å². The van der Waals surface area contributed by atoms with Crippen molar-refractivity contribution in [2.75, 3.05) is 6.61 Å². The maximum atomic E-state index is 12.5. The molecule has 0 unspecified atom stereocenters. The maximum Gasteiger partial charge on any atom is 0.340 e. The number of H-pyrrole nitrogens is 2. The van der Waals surface area contributed by atoms with Gasteiger partial charge in [-0.05, 0) is 37.5 Å². The SMILES string of the molecule is CCCOC(=O)c1c[nH]c2c(=O)[nH]c3ccc(S(=O)(=O)NC4CC4)cc3c12. The second-order valence-electron chi connectivity index (χ2n) is 6.65. The third kappa shape index (κ3) is 3.24. The van der Waals surface area contributed by atoms with E-state index in [4.69, 9.17) is 4.74 Å². The van der Waals surface area contributed by atoms with Crippen LogP contribution in [0.2, 0.25) is 0 Å². The molecule has 2 aromatic heterocycles. The number of hydrogen-bond donors (Lipinski definition) is 3. The third-order valence-electron chi connectivity index (χ3n) is 4.48. The minimum absolute atomic E-state index is 0.0202. The summed E-state index contributed by atoms with van der Waals surface area (Å²) >= 11 is 0. The molecule has 1 aliphatic rings. The summed E-state index contributed by atoms with van der Waals surface area (Å²) in [5.41, 5.74) is 0.468. The standard InChI is InChI=1S/C18H19N3O5S/c1-2-7-26-18(23)13-9-19-16-15(13)12-8-11(5-6-14(12)20-17(16)22)27(24,25)21-10-3-4-10/h5-6,8-10,19,21H,2-4,7H2,1H3,(H,20,22). The van der Waals surface area contributed by atoms with E-state index in [1.165, 1.54) is 24.4 Å². The largest absolute Gasteiger partial charge is 0.462 e. The van der Waals surface area contributed by atoms with Gasteiger partial charge in [0.15, 0.2) is 0 Å². The van der Waals surface area contributed by atoms with Crippen LogP contribution >= 0.6 is 0 Å². The molecular formula is C18H19N3O5S. The molecule has 27 heavy (non-hydrogen) atoms. The van der Waals surface area contributed by atoms with Crippen LogP contribution in [0.25, 0.3) is 21.8 Å². The Hall–Kier alpha value is -2.65. The van der Waals surface area contributed by atoms with Crippen LogP contribution in [0.15, 0.2) is 34.1 Å². The van der Waals surface area contributed by atoms with Crippen molar-refractivity contribution in [1.29, 1.82) is 0 Å². The number of aromatic nitrogens is 2. The van der Waals surface area contributed by atoms with E-state index in [0.29, 0.717) is 22.7 Å². The van der Waals surface area contributed by atoms with E-state index < -0.39 is 21.6 Å². The minimum Gasteiger partial charge on any atom is -0.462 e. The molecule has 1 aromatic carbocycles. The smallest absolute Gasteiger partial charge is 0.340 e. The number of sulfonamides is 1. The highest BCUT2D eigenvalue weighted by Crippen LogP contribution is 2.28. The molecule has 3 N–H and O–H groups in total. The fourth-order valence-corrected chi connectivity index (χ4v) is 4.33. The highest BCUT2D eigenvalue weighted by Gasteiger charge is 2.28. The molecular weight excluding hydrogens is 370 g/mol. The first-order valence-electron chi connectivity index (χ1n) is 8.77. The Morgan fingerprint density at radius 1 is 1.33 bits per heavy atom. The van der Waals surface area contributed by atoms with Gasteiger partial charge in [0, 0.05) is 28.5 Å². The number of esters is 1. The van der Waals surface area contributed by atoms with E-state index in [2.05, 4.69) is 14.7 Å². The molecule has 0 saturated heterocycles. The van der Waals surface area contributed by atoms with Crippen LogP contribution in [0.5, 0.6) is 0 Å². The fourth-order valence-electron chi connectivity index (χ4n) is 3.00. The summed E-state index contributed by atoms with van der Waals surface area (Å²) in [6.45, 7) is 2.14. The number of rotatable bonds is 6. The number of hydrogen-bond acceptors (Lipinski definition) is 5. The summed E-state index contributed by atoms with van der Waals surface area (Å²) in [4.78, 5) is 30.3. The molecule has 1 fully saturated rings. The van der Waals surface area contributed by atoms with Crippen LogP contribution in [0, 0.1) is 0 Å². The van der Waals surface area contributed by atoms with Crippen molar-refractivity contribution in [3.05, 3.63) is 40.3 Å². The number of ether oxygens (including phenoxy) is 1. The fraction of sp³-hybridized carbons (Fsp3) is 0.333.